The molecule has 1 spiro atoms. The van der Waals surface area contributed by atoms with E-state index in [4.69, 9.17) is 2.74 Å². The Morgan fingerprint density at radius 2 is 1.00 bits per heavy atom. The van der Waals surface area contributed by atoms with Crippen molar-refractivity contribution >= 4 is 0 Å². The first-order valence-corrected chi connectivity index (χ1v) is 7.95. The summed E-state index contributed by atoms with van der Waals surface area (Å²) in [5.41, 5.74) is 0. The fourth-order valence-corrected chi connectivity index (χ4v) is 7.00. The van der Waals surface area contributed by atoms with E-state index in [9.17, 15) is 0 Å². The van der Waals surface area contributed by atoms with Crippen LogP contribution in [0, 0.1) is 0 Å². The summed E-state index contributed by atoms with van der Waals surface area (Å²) >= 11 is 0. The van der Waals surface area contributed by atoms with Gasteiger partial charge < -0.3 is 0 Å². The SMILES string of the molecule is [3H]C[N+]12CCC[N@+]3(C)CC[N@+]4(C[3H])CCC[N+](C)(CC1)C234. The van der Waals surface area contributed by atoms with Gasteiger partial charge in [0, 0.05) is 12.8 Å². The highest BCUT2D eigenvalue weighted by molar-refractivity contribution is 4.74. The van der Waals surface area contributed by atoms with Crippen LogP contribution in [-0.4, -0.2) is 104 Å². The van der Waals surface area contributed by atoms with Gasteiger partial charge in [0.05, 0.1) is 30.9 Å². The summed E-state index contributed by atoms with van der Waals surface area (Å²) < 4.78 is 21.1. The third-order valence-corrected chi connectivity index (χ3v) is 7.24. The zero-order chi connectivity index (χ0) is 15.0. The molecule has 4 aliphatic rings. The molecular weight excluding hydrogens is 236 g/mol. The van der Waals surface area contributed by atoms with Gasteiger partial charge in [-0.2, -0.15) is 17.9 Å². The van der Waals surface area contributed by atoms with Gasteiger partial charge in [0.2, 0.25) is 0 Å². The van der Waals surface area contributed by atoms with E-state index < -0.39 is 0 Å². The highest BCUT2D eigenvalue weighted by atomic mass is 15.9. The lowest BCUT2D eigenvalue weighted by molar-refractivity contribution is -1.41. The van der Waals surface area contributed by atoms with Crippen molar-refractivity contribution in [1.82, 2.24) is 0 Å². The molecule has 0 aliphatic carbocycles. The molecule has 4 heteroatoms. The lowest BCUT2D eigenvalue weighted by Crippen LogP contribution is -2.93. The van der Waals surface area contributed by atoms with Gasteiger partial charge in [0.1, 0.15) is 52.4 Å². The van der Waals surface area contributed by atoms with Crippen LogP contribution in [0.5, 0.6) is 0 Å². The smallest absolute Gasteiger partial charge is 0.165 e. The molecule has 3 unspecified atom stereocenters. The van der Waals surface area contributed by atoms with Crippen molar-refractivity contribution in [3.8, 4) is 0 Å². The van der Waals surface area contributed by atoms with Crippen LogP contribution >= 0.6 is 0 Å². The predicted molar refractivity (Wildman–Crippen MR) is 75.6 cm³/mol. The molecule has 4 heterocycles. The highest BCUT2D eigenvalue weighted by Crippen LogP contribution is 2.57. The van der Waals surface area contributed by atoms with Crippen molar-refractivity contribution < 1.29 is 20.7 Å². The predicted octanol–water partition coefficient (Wildman–Crippen LogP) is 0.219. The molecule has 4 rings (SSSR count). The van der Waals surface area contributed by atoms with Crippen LogP contribution in [0.25, 0.3) is 0 Å². The van der Waals surface area contributed by atoms with E-state index in [0.29, 0.717) is 14.0 Å². The van der Waals surface area contributed by atoms with Crippen molar-refractivity contribution in [1.29, 1.82) is 0 Å². The second-order valence-electron chi connectivity index (χ2n) is 8.18. The summed E-state index contributed by atoms with van der Waals surface area (Å²) in [4.78, 5) is 0. The lowest BCUT2D eigenvalue weighted by atomic mass is 10.1. The molecule has 0 aromatic carbocycles. The Kier molecular flexibility index (Phi) is 1.77. The van der Waals surface area contributed by atoms with E-state index in [-0.39, 0.29) is 5.91 Å². The fraction of sp³-hybridized carbons (Fsp3) is 1.00. The zero-order valence-electron chi connectivity index (χ0n) is 14.8. The summed E-state index contributed by atoms with van der Waals surface area (Å²) in [5.74, 6) is 0.0556. The van der Waals surface area contributed by atoms with Crippen LogP contribution in [-0.2, 0) is 0 Å². The van der Waals surface area contributed by atoms with Gasteiger partial charge in [0.15, 0.2) is 0 Å². The molecule has 0 saturated carbocycles. The van der Waals surface area contributed by atoms with E-state index in [2.05, 4.69) is 14.1 Å². The van der Waals surface area contributed by atoms with E-state index >= 15 is 0 Å². The molecule has 0 radical (unpaired) electrons. The number of quaternary nitrogens is 4. The van der Waals surface area contributed by atoms with Gasteiger partial charge >= 0.3 is 5.91 Å². The van der Waals surface area contributed by atoms with Crippen molar-refractivity contribution in [2.24, 2.45) is 0 Å². The van der Waals surface area contributed by atoms with Crippen LogP contribution < -0.4 is 0 Å². The first kappa shape index (κ1) is 10.6. The molecule has 4 nitrogen and oxygen atoms in total. The quantitative estimate of drug-likeness (QED) is 0.554. The van der Waals surface area contributed by atoms with E-state index in [1.807, 2.05) is 0 Å². The molecule has 4 aliphatic heterocycles. The normalized spacial score (nSPS) is 65.2. The van der Waals surface area contributed by atoms with Gasteiger partial charge in [-0.25, -0.2) is 0 Å². The molecule has 108 valence electrons. The molecular formula is C15H32N4+4. The van der Waals surface area contributed by atoms with Crippen molar-refractivity contribution in [3.05, 3.63) is 0 Å². The molecule has 0 amide bonds. The molecule has 5 atom stereocenters. The molecule has 0 bridgehead atoms. The fourth-order valence-electron chi connectivity index (χ4n) is 7.00. The summed E-state index contributed by atoms with van der Waals surface area (Å²) in [6.07, 6.45) is 2.52. The maximum atomic E-state index is 8.46. The van der Waals surface area contributed by atoms with Gasteiger partial charge in [-0.15, -0.1) is 0 Å². The summed E-state index contributed by atoms with van der Waals surface area (Å²) in [7, 11) is 5.96. The summed E-state index contributed by atoms with van der Waals surface area (Å²) in [6.45, 7) is 9.61. The number of hydrogen-bond acceptors (Lipinski definition) is 0. The second kappa shape index (κ2) is 3.19. The van der Waals surface area contributed by atoms with E-state index in [1.165, 1.54) is 52.1 Å². The summed E-state index contributed by atoms with van der Waals surface area (Å²) in [6, 6.07) is 0. The van der Waals surface area contributed by atoms with E-state index in [1.54, 1.807) is 0 Å². The average molecular weight is 272 g/mol. The third-order valence-electron chi connectivity index (χ3n) is 7.24. The maximum Gasteiger partial charge on any atom is 0.479 e. The number of likely N-dealkylation sites (N-methyl/N-ethyl adjacent to an activating group) is 4. The lowest BCUT2D eigenvalue weighted by Gasteiger charge is -2.61. The topological polar surface area (TPSA) is 0 Å². The van der Waals surface area contributed by atoms with Crippen molar-refractivity contribution in [2.45, 2.75) is 18.8 Å². The Morgan fingerprint density at radius 1 is 0.632 bits per heavy atom. The molecule has 0 N–H and O–H groups in total. The van der Waals surface area contributed by atoms with Crippen LogP contribution in [0.1, 0.15) is 15.6 Å². The molecule has 0 aromatic heterocycles. The minimum atomic E-state index is 0.0556. The molecule has 19 heavy (non-hydrogen) atoms. The second-order valence-corrected chi connectivity index (χ2v) is 8.18. The largest absolute Gasteiger partial charge is 0.479 e. The van der Waals surface area contributed by atoms with Crippen molar-refractivity contribution in [2.75, 3.05) is 80.5 Å². The minimum Gasteiger partial charge on any atom is -0.165 e. The first-order chi connectivity index (χ1) is 9.95. The molecule has 0 aromatic rings. The first-order valence-electron chi connectivity index (χ1n) is 9.37. The van der Waals surface area contributed by atoms with Gasteiger partial charge in [-0.3, -0.25) is 0 Å². The van der Waals surface area contributed by atoms with Crippen LogP contribution in [0.4, 0.5) is 0 Å². The Bertz CT molecular complexity index is 433. The standard InChI is InChI=1S/C15H32N4/c1-16-7-5-8-18(3)13-14-19(4)10-6-9-17(2,12-11-16)15(16,18)19/h5-14H2,1-4H3/q+4/t15?,16-,17+,18?,19?/i1T,4T/m0/s1. The number of rotatable bonds is 0. The molecule has 4 fully saturated rings. The monoisotopic (exact) mass is 272 g/mol. The third kappa shape index (κ3) is 1.03. The van der Waals surface area contributed by atoms with E-state index in [0.717, 1.165) is 31.0 Å². The number of nitrogens with zero attached hydrogens (tertiary/aromatic N) is 4. The average Bonchev–Trinajstić information content (AvgIpc) is 2.94. The molecule has 4 saturated heterocycles. The highest BCUT2D eigenvalue weighted by Gasteiger charge is 2.91. The van der Waals surface area contributed by atoms with Gasteiger partial charge in [0.25, 0.3) is 0 Å². The number of hydrogen-bond donors (Lipinski definition) is 0. The van der Waals surface area contributed by atoms with Crippen molar-refractivity contribution in [3.63, 3.8) is 0 Å². The summed E-state index contributed by atoms with van der Waals surface area (Å²) in [5, 5.41) is 0. The Labute approximate surface area is 121 Å². The Morgan fingerprint density at radius 3 is 1.42 bits per heavy atom. The van der Waals surface area contributed by atoms with Crippen LogP contribution in [0.2, 0.25) is 0 Å². The van der Waals surface area contributed by atoms with Gasteiger partial charge in [-0.1, -0.05) is 0 Å². The minimum absolute atomic E-state index is 0.0556. The Balaban J connectivity index is 2.03. The maximum absolute atomic E-state index is 8.46. The Hall–Kier alpha value is -0.160. The van der Waals surface area contributed by atoms with Crippen LogP contribution in [0.15, 0.2) is 0 Å². The van der Waals surface area contributed by atoms with Gasteiger partial charge in [-0.05, 0) is 0 Å². The van der Waals surface area contributed by atoms with Crippen LogP contribution in [0.3, 0.4) is 0 Å². The zero-order valence-corrected chi connectivity index (χ0v) is 12.8.